The highest BCUT2D eigenvalue weighted by Crippen LogP contribution is 2.11. The van der Waals surface area contributed by atoms with Crippen molar-refractivity contribution in [1.29, 1.82) is 0 Å². The molecule has 0 saturated heterocycles. The number of nitrogens with one attached hydrogen (secondary N) is 1. The lowest BCUT2D eigenvalue weighted by atomic mass is 10.1. The highest BCUT2D eigenvalue weighted by molar-refractivity contribution is 5.96. The molecule has 1 unspecified atom stereocenters. The summed E-state index contributed by atoms with van der Waals surface area (Å²) in [5.74, 6) is -0.893. The van der Waals surface area contributed by atoms with E-state index in [9.17, 15) is 9.59 Å². The molecule has 0 aromatic heterocycles. The van der Waals surface area contributed by atoms with Gasteiger partial charge in [0.15, 0.2) is 0 Å². The maximum absolute atomic E-state index is 11.9. The Hall–Kier alpha value is -2.08. The summed E-state index contributed by atoms with van der Waals surface area (Å²) in [5.41, 5.74) is 0.379. The van der Waals surface area contributed by atoms with Crippen LogP contribution in [0.25, 0.3) is 0 Å². The normalized spacial score (nSPS) is 11.7. The Balaban J connectivity index is 2.67. The molecule has 0 radical (unpaired) electrons. The third kappa shape index (κ3) is 4.59. The Morgan fingerprint density at radius 2 is 1.89 bits per heavy atom. The van der Waals surface area contributed by atoms with Gasteiger partial charge in [0.25, 0.3) is 5.91 Å². The average Bonchev–Trinajstić information content (AvgIpc) is 2.43. The van der Waals surface area contributed by atoms with Crippen molar-refractivity contribution in [3.63, 3.8) is 0 Å². The molecule has 1 aromatic rings. The molecule has 1 amide bonds. The first-order valence-corrected chi connectivity index (χ1v) is 5.75. The molecule has 6 heteroatoms. The van der Waals surface area contributed by atoms with Crippen LogP contribution in [0.1, 0.15) is 16.8 Å². The van der Waals surface area contributed by atoms with Gasteiger partial charge in [0.2, 0.25) is 0 Å². The van der Waals surface area contributed by atoms with E-state index in [-0.39, 0.29) is 13.0 Å². The van der Waals surface area contributed by atoms with E-state index in [1.54, 1.807) is 24.3 Å². The van der Waals surface area contributed by atoms with Gasteiger partial charge in [0.1, 0.15) is 11.8 Å². The monoisotopic (exact) mass is 267 g/mol. The predicted molar refractivity (Wildman–Crippen MR) is 68.4 cm³/mol. The van der Waals surface area contributed by atoms with E-state index in [1.807, 2.05) is 0 Å². The number of ether oxygens (including phenoxy) is 2. The van der Waals surface area contributed by atoms with E-state index in [0.29, 0.717) is 11.3 Å². The summed E-state index contributed by atoms with van der Waals surface area (Å²) in [7, 11) is 3.00. The summed E-state index contributed by atoms with van der Waals surface area (Å²) in [6.45, 7) is 0.264. The van der Waals surface area contributed by atoms with Crippen LogP contribution in [0.5, 0.6) is 5.75 Å². The second kappa shape index (κ2) is 7.38. The highest BCUT2D eigenvalue weighted by Gasteiger charge is 2.20. The van der Waals surface area contributed by atoms with E-state index in [1.165, 1.54) is 14.2 Å². The van der Waals surface area contributed by atoms with Crippen molar-refractivity contribution in [3.05, 3.63) is 29.8 Å². The zero-order chi connectivity index (χ0) is 14.3. The Morgan fingerprint density at radius 1 is 1.26 bits per heavy atom. The minimum Gasteiger partial charge on any atom is -0.497 e. The van der Waals surface area contributed by atoms with Crippen molar-refractivity contribution >= 4 is 11.9 Å². The first-order chi connectivity index (χ1) is 9.08. The molecule has 104 valence electrons. The number of rotatable bonds is 7. The lowest BCUT2D eigenvalue weighted by Gasteiger charge is -2.14. The zero-order valence-corrected chi connectivity index (χ0v) is 10.9. The molecule has 0 spiro atoms. The Morgan fingerprint density at radius 3 is 2.37 bits per heavy atom. The predicted octanol–water partition coefficient (Wildman–Crippen LogP) is 0.915. The quantitative estimate of drug-likeness (QED) is 0.767. The summed E-state index contributed by atoms with van der Waals surface area (Å²) in [6.07, 6.45) is 0.216. The van der Waals surface area contributed by atoms with E-state index >= 15 is 0 Å². The smallest absolute Gasteiger partial charge is 0.326 e. The van der Waals surface area contributed by atoms with Gasteiger partial charge < -0.3 is 19.9 Å². The fourth-order valence-corrected chi connectivity index (χ4v) is 1.48. The van der Waals surface area contributed by atoms with Crippen molar-refractivity contribution in [2.24, 2.45) is 0 Å². The fourth-order valence-electron chi connectivity index (χ4n) is 1.48. The Labute approximate surface area is 111 Å². The van der Waals surface area contributed by atoms with Gasteiger partial charge in [-0.2, -0.15) is 0 Å². The molecule has 6 nitrogen and oxygen atoms in total. The average molecular weight is 267 g/mol. The van der Waals surface area contributed by atoms with Crippen LogP contribution in [0.2, 0.25) is 0 Å². The van der Waals surface area contributed by atoms with Gasteiger partial charge >= 0.3 is 5.97 Å². The topological polar surface area (TPSA) is 84.9 Å². The number of methoxy groups -OCH3 is 2. The van der Waals surface area contributed by atoms with Crippen LogP contribution in [0.4, 0.5) is 0 Å². The zero-order valence-electron chi connectivity index (χ0n) is 10.9. The van der Waals surface area contributed by atoms with Crippen molar-refractivity contribution in [1.82, 2.24) is 5.32 Å². The maximum atomic E-state index is 11.9. The first kappa shape index (κ1) is 15.0. The summed E-state index contributed by atoms with van der Waals surface area (Å²) in [4.78, 5) is 22.8. The second-order valence-corrected chi connectivity index (χ2v) is 3.87. The SMILES string of the molecule is COCCC(NC(=O)c1ccc(OC)cc1)C(=O)O. The number of benzene rings is 1. The van der Waals surface area contributed by atoms with Crippen molar-refractivity contribution in [3.8, 4) is 5.75 Å². The standard InChI is InChI=1S/C13H17NO5/c1-18-8-7-11(13(16)17)14-12(15)9-3-5-10(19-2)6-4-9/h3-6,11H,7-8H2,1-2H3,(H,14,15)(H,16,17). The van der Waals surface area contributed by atoms with Crippen LogP contribution in [-0.2, 0) is 9.53 Å². The van der Waals surface area contributed by atoms with Gasteiger partial charge in [-0.25, -0.2) is 4.79 Å². The van der Waals surface area contributed by atoms with Gasteiger partial charge in [-0.1, -0.05) is 0 Å². The number of hydrogen-bond donors (Lipinski definition) is 2. The number of hydrogen-bond acceptors (Lipinski definition) is 4. The summed E-state index contributed by atoms with van der Waals surface area (Å²) in [5, 5.41) is 11.4. The number of carboxylic acid groups (broad SMARTS) is 1. The van der Waals surface area contributed by atoms with Crippen molar-refractivity contribution < 1.29 is 24.2 Å². The lowest BCUT2D eigenvalue weighted by Crippen LogP contribution is -2.41. The summed E-state index contributed by atoms with van der Waals surface area (Å²) >= 11 is 0. The molecular formula is C13H17NO5. The molecule has 0 heterocycles. The van der Waals surface area contributed by atoms with Crippen LogP contribution >= 0.6 is 0 Å². The van der Waals surface area contributed by atoms with E-state index in [0.717, 1.165) is 0 Å². The van der Waals surface area contributed by atoms with Crippen LogP contribution in [0.3, 0.4) is 0 Å². The largest absolute Gasteiger partial charge is 0.497 e. The summed E-state index contributed by atoms with van der Waals surface area (Å²) < 4.78 is 9.79. The molecule has 1 rings (SSSR count). The third-order valence-corrected chi connectivity index (χ3v) is 2.57. The van der Waals surface area contributed by atoms with Crippen molar-refractivity contribution in [2.75, 3.05) is 20.8 Å². The molecule has 1 aromatic carbocycles. The molecule has 0 saturated carbocycles. The molecule has 1 atom stereocenters. The van der Waals surface area contributed by atoms with Crippen LogP contribution in [0, 0.1) is 0 Å². The lowest BCUT2D eigenvalue weighted by molar-refractivity contribution is -0.139. The third-order valence-electron chi connectivity index (χ3n) is 2.57. The number of carboxylic acids is 1. The van der Waals surface area contributed by atoms with Crippen LogP contribution in [0.15, 0.2) is 24.3 Å². The number of aliphatic carboxylic acids is 1. The molecule has 0 bridgehead atoms. The van der Waals surface area contributed by atoms with Gasteiger partial charge in [-0.05, 0) is 24.3 Å². The fraction of sp³-hybridized carbons (Fsp3) is 0.385. The molecule has 0 aliphatic heterocycles. The van der Waals surface area contributed by atoms with E-state index in [2.05, 4.69) is 5.32 Å². The molecule has 2 N–H and O–H groups in total. The maximum Gasteiger partial charge on any atom is 0.326 e. The van der Waals surface area contributed by atoms with Gasteiger partial charge in [0, 0.05) is 25.7 Å². The van der Waals surface area contributed by atoms with E-state index < -0.39 is 17.9 Å². The van der Waals surface area contributed by atoms with Crippen LogP contribution in [-0.4, -0.2) is 43.9 Å². The number of amides is 1. The number of carbonyl (C=O) groups is 2. The summed E-state index contributed by atoms with van der Waals surface area (Å²) in [6, 6.07) is 5.46. The Bertz CT molecular complexity index is 429. The minimum absolute atomic E-state index is 0.216. The number of carbonyl (C=O) groups excluding carboxylic acids is 1. The molecule has 0 aliphatic carbocycles. The minimum atomic E-state index is -1.08. The van der Waals surface area contributed by atoms with Crippen molar-refractivity contribution in [2.45, 2.75) is 12.5 Å². The first-order valence-electron chi connectivity index (χ1n) is 5.75. The molecule has 0 aliphatic rings. The van der Waals surface area contributed by atoms with Gasteiger partial charge in [0.05, 0.1) is 7.11 Å². The Kier molecular flexibility index (Phi) is 5.81. The molecule has 0 fully saturated rings. The van der Waals surface area contributed by atoms with Crippen LogP contribution < -0.4 is 10.1 Å². The van der Waals surface area contributed by atoms with E-state index in [4.69, 9.17) is 14.6 Å². The molecule has 19 heavy (non-hydrogen) atoms. The molecular weight excluding hydrogens is 250 g/mol. The second-order valence-electron chi connectivity index (χ2n) is 3.87. The van der Waals surface area contributed by atoms with Gasteiger partial charge in [-0.15, -0.1) is 0 Å². The highest BCUT2D eigenvalue weighted by atomic mass is 16.5. The van der Waals surface area contributed by atoms with Gasteiger partial charge in [-0.3, -0.25) is 4.79 Å².